The molecule has 0 radical (unpaired) electrons. The Morgan fingerprint density at radius 3 is 1.32 bits per heavy atom. The van der Waals surface area contributed by atoms with Crippen LogP contribution in [-0.4, -0.2) is 38.2 Å². The Hall–Kier alpha value is -5.31. The zero-order valence-corrected chi connectivity index (χ0v) is 22.7. The van der Waals surface area contributed by atoms with E-state index in [1.807, 2.05) is 13.8 Å². The lowest BCUT2D eigenvalue weighted by Crippen LogP contribution is -2.13. The second-order valence-electron chi connectivity index (χ2n) is 8.42. The quantitative estimate of drug-likeness (QED) is 0.159. The molecular weight excluding hydrogens is 528 g/mol. The van der Waals surface area contributed by atoms with Crippen molar-refractivity contribution in [3.8, 4) is 34.5 Å². The lowest BCUT2D eigenvalue weighted by atomic mass is 10.2. The van der Waals surface area contributed by atoms with Gasteiger partial charge < -0.3 is 28.4 Å². The van der Waals surface area contributed by atoms with Crippen molar-refractivity contribution in [1.29, 1.82) is 0 Å². The molecule has 0 spiro atoms. The summed E-state index contributed by atoms with van der Waals surface area (Å²) in [5, 5.41) is 0. The molecule has 0 bridgehead atoms. The Labute approximate surface area is 237 Å². The first kappa shape index (κ1) is 28.7. The molecule has 4 rings (SSSR count). The van der Waals surface area contributed by atoms with Crippen LogP contribution >= 0.6 is 0 Å². The summed E-state index contributed by atoms with van der Waals surface area (Å²) < 4.78 is 32.6. The lowest BCUT2D eigenvalue weighted by molar-refractivity contribution is 0.0679. The van der Waals surface area contributed by atoms with Crippen molar-refractivity contribution >= 4 is 17.9 Å². The molecule has 0 fully saturated rings. The SMILES string of the molecule is CCOc1ccc(C(=O)Oc2ccc(OC(=O)c3ccc(OC)cc3)cc2OC(=O)c2ccc(OCC)cc2)cc1. The molecule has 0 aliphatic rings. The Bertz CT molecular complexity index is 1490. The number of hydrogen-bond donors (Lipinski definition) is 0. The molecule has 0 saturated heterocycles. The minimum atomic E-state index is -0.718. The van der Waals surface area contributed by atoms with Gasteiger partial charge in [0.15, 0.2) is 11.5 Å². The second kappa shape index (κ2) is 13.7. The van der Waals surface area contributed by atoms with Gasteiger partial charge in [0.1, 0.15) is 23.0 Å². The zero-order chi connectivity index (χ0) is 29.2. The molecule has 4 aromatic rings. The summed E-state index contributed by atoms with van der Waals surface area (Å²) in [4.78, 5) is 38.5. The predicted molar refractivity (Wildman–Crippen MR) is 150 cm³/mol. The number of ether oxygens (including phenoxy) is 6. The third-order valence-corrected chi connectivity index (χ3v) is 5.66. The van der Waals surface area contributed by atoms with Gasteiger partial charge >= 0.3 is 17.9 Å². The molecule has 0 saturated carbocycles. The first-order valence-corrected chi connectivity index (χ1v) is 12.8. The fraction of sp³-hybridized carbons (Fsp3) is 0.156. The molecule has 0 unspecified atom stereocenters. The van der Waals surface area contributed by atoms with Crippen LogP contribution in [0.1, 0.15) is 44.9 Å². The molecule has 0 heterocycles. The van der Waals surface area contributed by atoms with Gasteiger partial charge in [0.25, 0.3) is 0 Å². The van der Waals surface area contributed by atoms with E-state index in [1.165, 1.54) is 25.3 Å². The summed E-state index contributed by atoms with van der Waals surface area (Å²) in [5.74, 6) is -0.353. The van der Waals surface area contributed by atoms with E-state index >= 15 is 0 Å². The number of esters is 3. The maximum Gasteiger partial charge on any atom is 0.343 e. The van der Waals surface area contributed by atoms with Crippen LogP contribution in [0.15, 0.2) is 91.0 Å². The minimum absolute atomic E-state index is 0.0487. The maximum absolute atomic E-state index is 13.0. The van der Waals surface area contributed by atoms with Crippen LogP contribution in [0.5, 0.6) is 34.5 Å². The summed E-state index contributed by atoms with van der Waals surface area (Å²) in [6.07, 6.45) is 0. The van der Waals surface area contributed by atoms with E-state index in [-0.39, 0.29) is 33.9 Å². The van der Waals surface area contributed by atoms with Crippen molar-refractivity contribution in [1.82, 2.24) is 0 Å². The monoisotopic (exact) mass is 556 g/mol. The van der Waals surface area contributed by atoms with Crippen molar-refractivity contribution in [2.75, 3.05) is 20.3 Å². The number of rotatable bonds is 11. The fourth-order valence-electron chi connectivity index (χ4n) is 3.63. The highest BCUT2D eigenvalue weighted by molar-refractivity contribution is 5.94. The molecule has 210 valence electrons. The molecule has 0 amide bonds. The van der Waals surface area contributed by atoms with Gasteiger partial charge in [-0.15, -0.1) is 0 Å². The topological polar surface area (TPSA) is 107 Å². The Kier molecular flexibility index (Phi) is 9.56. The Balaban J connectivity index is 1.58. The molecule has 9 heteroatoms. The largest absolute Gasteiger partial charge is 0.497 e. The van der Waals surface area contributed by atoms with E-state index in [0.717, 1.165) is 0 Å². The van der Waals surface area contributed by atoms with Gasteiger partial charge in [-0.1, -0.05) is 0 Å². The van der Waals surface area contributed by atoms with Crippen molar-refractivity contribution in [3.63, 3.8) is 0 Å². The minimum Gasteiger partial charge on any atom is -0.497 e. The van der Waals surface area contributed by atoms with Crippen LogP contribution in [0.4, 0.5) is 0 Å². The molecule has 41 heavy (non-hydrogen) atoms. The smallest absolute Gasteiger partial charge is 0.343 e. The van der Waals surface area contributed by atoms with Crippen LogP contribution in [0.3, 0.4) is 0 Å². The van der Waals surface area contributed by atoms with Crippen molar-refractivity contribution in [2.45, 2.75) is 13.8 Å². The summed E-state index contributed by atoms with van der Waals surface area (Å²) in [7, 11) is 1.52. The normalized spacial score (nSPS) is 10.3. The lowest BCUT2D eigenvalue weighted by Gasteiger charge is -2.13. The van der Waals surface area contributed by atoms with Gasteiger partial charge in [0.2, 0.25) is 0 Å². The molecular formula is C32H28O9. The molecule has 9 nitrogen and oxygen atoms in total. The Morgan fingerprint density at radius 2 is 0.878 bits per heavy atom. The summed E-state index contributed by atoms with van der Waals surface area (Å²) in [6.45, 7) is 4.68. The van der Waals surface area contributed by atoms with E-state index in [1.54, 1.807) is 72.8 Å². The maximum atomic E-state index is 13.0. The highest BCUT2D eigenvalue weighted by Gasteiger charge is 2.19. The average Bonchev–Trinajstić information content (AvgIpc) is 2.99. The first-order chi connectivity index (χ1) is 19.9. The molecule has 0 atom stereocenters. The van der Waals surface area contributed by atoms with Crippen LogP contribution in [-0.2, 0) is 0 Å². The van der Waals surface area contributed by atoms with Gasteiger partial charge in [-0.2, -0.15) is 0 Å². The van der Waals surface area contributed by atoms with E-state index in [4.69, 9.17) is 28.4 Å². The highest BCUT2D eigenvalue weighted by atomic mass is 16.6. The number of carbonyl (C=O) groups excluding carboxylic acids is 3. The van der Waals surface area contributed by atoms with Gasteiger partial charge in [0.05, 0.1) is 37.0 Å². The van der Waals surface area contributed by atoms with Gasteiger partial charge in [-0.05, 0) is 98.8 Å². The second-order valence-corrected chi connectivity index (χ2v) is 8.42. The summed E-state index contributed by atoms with van der Waals surface area (Å²) >= 11 is 0. The fourth-order valence-corrected chi connectivity index (χ4v) is 3.63. The molecule has 0 aromatic heterocycles. The van der Waals surface area contributed by atoms with Gasteiger partial charge in [0, 0.05) is 6.07 Å². The van der Waals surface area contributed by atoms with Crippen molar-refractivity contribution in [3.05, 3.63) is 108 Å². The van der Waals surface area contributed by atoms with Crippen molar-refractivity contribution in [2.24, 2.45) is 0 Å². The number of benzene rings is 4. The standard InChI is InChI=1S/C32H28O9/c1-4-37-25-14-8-22(9-15-25)31(34)40-28-19-18-27(39-30(33)21-6-12-24(36-3)13-7-21)20-29(28)41-32(35)23-10-16-26(17-11-23)38-5-2/h6-20H,4-5H2,1-3H3. The summed E-state index contributed by atoms with van der Waals surface area (Å²) in [6, 6.07) is 23.3. The average molecular weight is 557 g/mol. The van der Waals surface area contributed by atoms with Crippen LogP contribution in [0, 0.1) is 0 Å². The number of hydrogen-bond acceptors (Lipinski definition) is 9. The number of methoxy groups -OCH3 is 1. The van der Waals surface area contributed by atoms with E-state index < -0.39 is 17.9 Å². The van der Waals surface area contributed by atoms with Gasteiger partial charge in [-0.25, -0.2) is 14.4 Å². The predicted octanol–water partition coefficient (Wildman–Crippen LogP) is 6.15. The first-order valence-electron chi connectivity index (χ1n) is 12.8. The highest BCUT2D eigenvalue weighted by Crippen LogP contribution is 2.34. The molecule has 0 aliphatic carbocycles. The molecule has 0 aliphatic heterocycles. The molecule has 0 N–H and O–H groups in total. The van der Waals surface area contributed by atoms with E-state index in [9.17, 15) is 14.4 Å². The Morgan fingerprint density at radius 1 is 0.488 bits per heavy atom. The number of carbonyl (C=O) groups is 3. The van der Waals surface area contributed by atoms with Crippen LogP contribution in [0.25, 0.3) is 0 Å². The van der Waals surface area contributed by atoms with Gasteiger partial charge in [-0.3, -0.25) is 0 Å². The third-order valence-electron chi connectivity index (χ3n) is 5.66. The summed E-state index contributed by atoms with van der Waals surface area (Å²) in [5.41, 5.74) is 0.773. The van der Waals surface area contributed by atoms with Crippen LogP contribution in [0.2, 0.25) is 0 Å². The van der Waals surface area contributed by atoms with E-state index in [2.05, 4.69) is 0 Å². The van der Waals surface area contributed by atoms with Crippen LogP contribution < -0.4 is 28.4 Å². The van der Waals surface area contributed by atoms with E-state index in [0.29, 0.717) is 30.5 Å². The van der Waals surface area contributed by atoms with Crippen molar-refractivity contribution < 1.29 is 42.8 Å². The zero-order valence-electron chi connectivity index (χ0n) is 22.7. The molecule has 4 aromatic carbocycles. The third kappa shape index (κ3) is 7.63.